The van der Waals surface area contributed by atoms with Crippen LogP contribution in [0.25, 0.3) is 10.2 Å². The molecule has 27 heavy (non-hydrogen) atoms. The molecule has 5 nitrogen and oxygen atoms in total. The summed E-state index contributed by atoms with van der Waals surface area (Å²) in [5, 5.41) is 0.967. The smallest absolute Gasteiger partial charge is 0.262 e. The zero-order chi connectivity index (χ0) is 18.8. The fraction of sp³-hybridized carbons (Fsp3) is 0.100. The maximum Gasteiger partial charge on any atom is 0.262 e. The van der Waals surface area contributed by atoms with Gasteiger partial charge in [0, 0.05) is 6.07 Å². The van der Waals surface area contributed by atoms with Gasteiger partial charge in [-0.05, 0) is 36.4 Å². The first kappa shape index (κ1) is 17.6. The highest BCUT2D eigenvalue weighted by molar-refractivity contribution is 7.22. The van der Waals surface area contributed by atoms with Crippen LogP contribution in [-0.2, 0) is 6.54 Å². The van der Waals surface area contributed by atoms with E-state index in [1.807, 2.05) is 24.3 Å². The fourth-order valence-electron chi connectivity index (χ4n) is 2.70. The summed E-state index contributed by atoms with van der Waals surface area (Å²) in [4.78, 5) is 19.5. The molecule has 0 N–H and O–H groups in total. The minimum atomic E-state index is -0.233. The second-order valence-corrected chi connectivity index (χ2v) is 7.20. The molecular formula is C20H15ClN2O3S. The average molecular weight is 399 g/mol. The third-order valence-corrected chi connectivity index (χ3v) is 5.45. The number of aromatic nitrogens is 1. The minimum Gasteiger partial charge on any atom is -0.497 e. The van der Waals surface area contributed by atoms with E-state index < -0.39 is 0 Å². The molecule has 0 radical (unpaired) electrons. The number of nitrogens with zero attached hydrogens (tertiary/aromatic N) is 2. The predicted molar refractivity (Wildman–Crippen MR) is 107 cm³/mol. The number of benzene rings is 2. The molecule has 0 aliphatic carbocycles. The summed E-state index contributed by atoms with van der Waals surface area (Å²) >= 11 is 7.68. The highest BCUT2D eigenvalue weighted by atomic mass is 35.5. The van der Waals surface area contributed by atoms with Crippen molar-refractivity contribution in [3.63, 3.8) is 0 Å². The van der Waals surface area contributed by atoms with Crippen molar-refractivity contribution in [1.29, 1.82) is 0 Å². The molecule has 0 unspecified atom stereocenters. The molecule has 136 valence electrons. The van der Waals surface area contributed by atoms with Gasteiger partial charge >= 0.3 is 0 Å². The Hall–Kier alpha value is -2.83. The van der Waals surface area contributed by atoms with Crippen molar-refractivity contribution in [2.75, 3.05) is 12.0 Å². The van der Waals surface area contributed by atoms with E-state index in [9.17, 15) is 4.79 Å². The van der Waals surface area contributed by atoms with E-state index in [1.165, 1.54) is 11.3 Å². The third-order valence-electron chi connectivity index (χ3n) is 4.06. The van der Waals surface area contributed by atoms with Crippen molar-refractivity contribution < 1.29 is 13.9 Å². The summed E-state index contributed by atoms with van der Waals surface area (Å²) in [5.74, 6) is 1.14. The van der Waals surface area contributed by atoms with E-state index in [-0.39, 0.29) is 12.5 Å². The number of anilines is 1. The second-order valence-electron chi connectivity index (χ2n) is 5.78. The molecule has 4 aromatic rings. The largest absolute Gasteiger partial charge is 0.497 e. The van der Waals surface area contributed by atoms with Crippen LogP contribution < -0.4 is 9.64 Å². The molecule has 0 aliphatic rings. The van der Waals surface area contributed by atoms with Crippen LogP contribution in [0.1, 0.15) is 16.1 Å². The predicted octanol–water partition coefficient (Wildman–Crippen LogP) is 5.40. The van der Waals surface area contributed by atoms with Crippen LogP contribution in [0.5, 0.6) is 5.75 Å². The Labute approximate surface area is 164 Å². The van der Waals surface area contributed by atoms with Gasteiger partial charge in [-0.1, -0.05) is 35.1 Å². The number of fused-ring (bicyclic) bond motifs is 1. The molecule has 2 aromatic carbocycles. The SMILES string of the molecule is COc1ccc2sc(N(Cc3ccco3)C(=O)c3ccccc3Cl)nc2c1. The van der Waals surface area contributed by atoms with Crippen LogP contribution in [0.2, 0.25) is 5.02 Å². The van der Waals surface area contributed by atoms with E-state index in [1.54, 1.807) is 48.6 Å². The molecule has 0 spiro atoms. The van der Waals surface area contributed by atoms with E-state index in [2.05, 4.69) is 4.98 Å². The van der Waals surface area contributed by atoms with Gasteiger partial charge in [-0.15, -0.1) is 0 Å². The highest BCUT2D eigenvalue weighted by Gasteiger charge is 2.24. The number of hydrogen-bond donors (Lipinski definition) is 0. The fourth-order valence-corrected chi connectivity index (χ4v) is 3.86. The van der Waals surface area contributed by atoms with Crippen LogP contribution in [0, 0.1) is 0 Å². The lowest BCUT2D eigenvalue weighted by Gasteiger charge is -2.19. The minimum absolute atomic E-state index is 0.233. The van der Waals surface area contributed by atoms with Gasteiger partial charge in [-0.3, -0.25) is 9.69 Å². The van der Waals surface area contributed by atoms with Crippen LogP contribution in [0.3, 0.4) is 0 Å². The molecule has 0 fully saturated rings. The normalized spacial score (nSPS) is 10.9. The van der Waals surface area contributed by atoms with Crippen molar-refractivity contribution in [3.8, 4) is 5.75 Å². The zero-order valence-electron chi connectivity index (χ0n) is 14.4. The molecule has 0 aliphatic heterocycles. The topological polar surface area (TPSA) is 55.6 Å². The molecule has 2 aromatic heterocycles. The van der Waals surface area contributed by atoms with E-state index >= 15 is 0 Å². The molecule has 2 heterocycles. The van der Waals surface area contributed by atoms with Gasteiger partial charge in [-0.25, -0.2) is 4.98 Å². The van der Waals surface area contributed by atoms with Crippen molar-refractivity contribution in [2.24, 2.45) is 0 Å². The number of carbonyl (C=O) groups excluding carboxylic acids is 1. The number of ether oxygens (including phenoxy) is 1. The molecule has 1 amide bonds. The maximum absolute atomic E-state index is 13.2. The summed E-state index contributed by atoms with van der Waals surface area (Å²) in [6.07, 6.45) is 1.58. The maximum atomic E-state index is 13.2. The van der Waals surface area contributed by atoms with Gasteiger partial charge in [0.15, 0.2) is 5.13 Å². The van der Waals surface area contributed by atoms with Gasteiger partial charge in [0.2, 0.25) is 0 Å². The van der Waals surface area contributed by atoms with E-state index in [0.29, 0.717) is 21.5 Å². The number of thiazole rings is 1. The Kier molecular flexibility index (Phi) is 4.83. The number of rotatable bonds is 5. The second kappa shape index (κ2) is 7.42. The Bertz CT molecular complexity index is 1090. The summed E-state index contributed by atoms with van der Waals surface area (Å²) in [6.45, 7) is 0.258. The van der Waals surface area contributed by atoms with Crippen molar-refractivity contribution >= 4 is 44.2 Å². The average Bonchev–Trinajstić information content (AvgIpc) is 3.34. The Morgan fingerprint density at radius 2 is 2.07 bits per heavy atom. The molecule has 0 bridgehead atoms. The first-order chi connectivity index (χ1) is 13.2. The van der Waals surface area contributed by atoms with Gasteiger partial charge < -0.3 is 9.15 Å². The number of halogens is 1. The van der Waals surface area contributed by atoms with Crippen LogP contribution >= 0.6 is 22.9 Å². The summed E-state index contributed by atoms with van der Waals surface area (Å²) in [5.41, 5.74) is 1.19. The quantitative estimate of drug-likeness (QED) is 0.451. The number of furan rings is 1. The molecule has 0 atom stereocenters. The van der Waals surface area contributed by atoms with Crippen LogP contribution in [-0.4, -0.2) is 18.0 Å². The summed E-state index contributed by atoms with van der Waals surface area (Å²) < 4.78 is 11.7. The Balaban J connectivity index is 1.78. The number of hydrogen-bond acceptors (Lipinski definition) is 5. The van der Waals surface area contributed by atoms with Gasteiger partial charge in [0.05, 0.1) is 40.7 Å². The van der Waals surface area contributed by atoms with Gasteiger partial charge in [0.1, 0.15) is 11.5 Å². The van der Waals surface area contributed by atoms with E-state index in [4.69, 9.17) is 20.8 Å². The van der Waals surface area contributed by atoms with Crippen molar-refractivity contribution in [2.45, 2.75) is 6.54 Å². The first-order valence-corrected chi connectivity index (χ1v) is 9.38. The summed E-state index contributed by atoms with van der Waals surface area (Å²) in [6, 6.07) is 16.2. The van der Waals surface area contributed by atoms with Gasteiger partial charge in [0.25, 0.3) is 5.91 Å². The Morgan fingerprint density at radius 1 is 1.22 bits per heavy atom. The Morgan fingerprint density at radius 3 is 2.81 bits per heavy atom. The standard InChI is InChI=1S/C20H15ClN2O3S/c1-25-13-8-9-18-17(11-13)22-20(27-18)23(12-14-5-4-10-26-14)19(24)15-6-2-3-7-16(15)21/h2-11H,12H2,1H3. The number of carbonyl (C=O) groups is 1. The van der Waals surface area contributed by atoms with Crippen molar-refractivity contribution in [1.82, 2.24) is 4.98 Å². The third kappa shape index (κ3) is 3.54. The van der Waals surface area contributed by atoms with Crippen molar-refractivity contribution in [3.05, 3.63) is 77.2 Å². The molecule has 0 saturated carbocycles. The van der Waals surface area contributed by atoms with Crippen LogP contribution in [0.15, 0.2) is 65.3 Å². The van der Waals surface area contributed by atoms with Gasteiger partial charge in [-0.2, -0.15) is 0 Å². The number of amides is 1. The lowest BCUT2D eigenvalue weighted by molar-refractivity contribution is 0.0983. The highest BCUT2D eigenvalue weighted by Crippen LogP contribution is 2.33. The zero-order valence-corrected chi connectivity index (χ0v) is 16.0. The lowest BCUT2D eigenvalue weighted by Crippen LogP contribution is -2.30. The van der Waals surface area contributed by atoms with Crippen LogP contribution in [0.4, 0.5) is 5.13 Å². The first-order valence-electron chi connectivity index (χ1n) is 8.19. The molecule has 7 heteroatoms. The lowest BCUT2D eigenvalue weighted by atomic mass is 10.2. The summed E-state index contributed by atoms with van der Waals surface area (Å²) in [7, 11) is 1.61. The monoisotopic (exact) mass is 398 g/mol. The molecular weight excluding hydrogens is 384 g/mol. The number of methoxy groups -OCH3 is 1. The van der Waals surface area contributed by atoms with E-state index in [0.717, 1.165) is 16.0 Å². The molecule has 0 saturated heterocycles. The molecule has 4 rings (SSSR count).